The molecule has 2 aromatic rings. The summed E-state index contributed by atoms with van der Waals surface area (Å²) in [6.07, 6.45) is 3.24. The maximum atomic E-state index is 12.3. The van der Waals surface area contributed by atoms with Crippen LogP contribution in [0.3, 0.4) is 0 Å². The van der Waals surface area contributed by atoms with Crippen LogP contribution in [-0.2, 0) is 21.4 Å². The van der Waals surface area contributed by atoms with Crippen molar-refractivity contribution in [3.63, 3.8) is 0 Å². The monoisotopic (exact) mass is 349 g/mol. The van der Waals surface area contributed by atoms with Crippen molar-refractivity contribution >= 4 is 15.9 Å². The van der Waals surface area contributed by atoms with Crippen LogP contribution in [0.4, 0.5) is 0 Å². The van der Waals surface area contributed by atoms with Gasteiger partial charge in [0.1, 0.15) is 5.75 Å². The highest BCUT2D eigenvalue weighted by atomic mass is 32.2. The minimum atomic E-state index is -3.77. The fraction of sp³-hybridized carbons (Fsp3) is 0.250. The first-order valence-electron chi connectivity index (χ1n) is 7.22. The number of pyridine rings is 1. The van der Waals surface area contributed by atoms with E-state index in [-0.39, 0.29) is 11.4 Å². The Morgan fingerprint density at radius 1 is 1.21 bits per heavy atom. The lowest BCUT2D eigenvalue weighted by Crippen LogP contribution is -2.36. The van der Waals surface area contributed by atoms with Crippen LogP contribution in [0, 0.1) is 6.92 Å². The summed E-state index contributed by atoms with van der Waals surface area (Å²) >= 11 is 0. The number of ether oxygens (including phenoxy) is 1. The van der Waals surface area contributed by atoms with E-state index in [1.54, 1.807) is 43.6 Å². The Balaban J connectivity index is 1.93. The maximum absolute atomic E-state index is 12.3. The molecule has 1 heterocycles. The van der Waals surface area contributed by atoms with E-state index in [0.29, 0.717) is 17.9 Å². The maximum Gasteiger partial charge on any atom is 0.241 e. The molecule has 0 atom stereocenters. The molecule has 0 aliphatic heterocycles. The van der Waals surface area contributed by atoms with Crippen molar-refractivity contribution in [1.82, 2.24) is 15.0 Å². The van der Waals surface area contributed by atoms with Gasteiger partial charge in [0, 0.05) is 18.9 Å². The number of methoxy groups -OCH3 is 1. The zero-order valence-electron chi connectivity index (χ0n) is 13.4. The molecule has 24 heavy (non-hydrogen) atoms. The number of sulfonamides is 1. The molecule has 1 aromatic heterocycles. The van der Waals surface area contributed by atoms with Gasteiger partial charge in [0.2, 0.25) is 15.9 Å². The third-order valence-corrected chi connectivity index (χ3v) is 4.89. The normalized spacial score (nSPS) is 11.1. The Kier molecular flexibility index (Phi) is 5.88. The predicted octanol–water partition coefficient (Wildman–Crippen LogP) is 0.993. The minimum Gasteiger partial charge on any atom is -0.497 e. The van der Waals surface area contributed by atoms with Crippen LogP contribution in [0.2, 0.25) is 0 Å². The Morgan fingerprint density at radius 2 is 1.92 bits per heavy atom. The molecule has 2 N–H and O–H groups in total. The standard InChI is InChI=1S/C16H19N3O4S/c1-12-9-14(23-2)3-4-15(12)24(21,22)19-11-16(20)18-10-13-5-7-17-8-6-13/h3-9,19H,10-11H2,1-2H3,(H,18,20). The first kappa shape index (κ1) is 17.9. The van der Waals surface area contributed by atoms with Crippen molar-refractivity contribution in [2.75, 3.05) is 13.7 Å². The lowest BCUT2D eigenvalue weighted by Gasteiger charge is -2.11. The lowest BCUT2D eigenvalue weighted by atomic mass is 10.2. The summed E-state index contributed by atoms with van der Waals surface area (Å²) in [5.74, 6) is 0.156. The number of amides is 1. The molecule has 1 aromatic carbocycles. The minimum absolute atomic E-state index is 0.116. The largest absolute Gasteiger partial charge is 0.497 e. The second-order valence-corrected chi connectivity index (χ2v) is 6.82. The van der Waals surface area contributed by atoms with Gasteiger partial charge in [0.15, 0.2) is 0 Å². The van der Waals surface area contributed by atoms with Crippen LogP contribution in [0.15, 0.2) is 47.6 Å². The Hall–Kier alpha value is -2.45. The predicted molar refractivity (Wildman–Crippen MR) is 89.0 cm³/mol. The summed E-state index contributed by atoms with van der Waals surface area (Å²) in [7, 11) is -2.26. The number of hydrogen-bond donors (Lipinski definition) is 2. The molecule has 2 rings (SSSR count). The van der Waals surface area contributed by atoms with E-state index in [0.717, 1.165) is 5.56 Å². The molecule has 7 nitrogen and oxygen atoms in total. The van der Waals surface area contributed by atoms with Crippen LogP contribution in [0.5, 0.6) is 5.75 Å². The quantitative estimate of drug-likeness (QED) is 0.777. The second kappa shape index (κ2) is 7.89. The lowest BCUT2D eigenvalue weighted by molar-refractivity contribution is -0.120. The third kappa shape index (κ3) is 4.77. The summed E-state index contributed by atoms with van der Waals surface area (Å²) in [6.45, 7) is 1.64. The SMILES string of the molecule is COc1ccc(S(=O)(=O)NCC(=O)NCc2ccncc2)c(C)c1. The Labute approximate surface area is 141 Å². The number of nitrogens with zero attached hydrogens (tertiary/aromatic N) is 1. The van der Waals surface area contributed by atoms with E-state index in [9.17, 15) is 13.2 Å². The van der Waals surface area contributed by atoms with Crippen molar-refractivity contribution in [2.45, 2.75) is 18.4 Å². The van der Waals surface area contributed by atoms with Crippen LogP contribution < -0.4 is 14.8 Å². The smallest absolute Gasteiger partial charge is 0.241 e. The van der Waals surface area contributed by atoms with Gasteiger partial charge < -0.3 is 10.1 Å². The molecule has 0 spiro atoms. The Bertz CT molecular complexity index is 807. The summed E-state index contributed by atoms with van der Waals surface area (Å²) in [5.41, 5.74) is 1.42. The molecule has 0 aliphatic rings. The van der Waals surface area contributed by atoms with E-state index in [2.05, 4.69) is 15.0 Å². The molecular formula is C16H19N3O4S. The number of aryl methyl sites for hydroxylation is 1. The first-order valence-corrected chi connectivity index (χ1v) is 8.70. The topological polar surface area (TPSA) is 97.4 Å². The van der Waals surface area contributed by atoms with Crippen molar-refractivity contribution in [3.05, 3.63) is 53.9 Å². The van der Waals surface area contributed by atoms with E-state index >= 15 is 0 Å². The highest BCUT2D eigenvalue weighted by Crippen LogP contribution is 2.20. The molecule has 1 amide bonds. The van der Waals surface area contributed by atoms with Crippen molar-refractivity contribution in [2.24, 2.45) is 0 Å². The van der Waals surface area contributed by atoms with Crippen molar-refractivity contribution < 1.29 is 17.9 Å². The van der Waals surface area contributed by atoms with E-state index < -0.39 is 15.9 Å². The molecule has 128 valence electrons. The number of hydrogen-bond acceptors (Lipinski definition) is 5. The zero-order chi connectivity index (χ0) is 17.6. The number of nitrogens with one attached hydrogen (secondary N) is 2. The van der Waals surface area contributed by atoms with Gasteiger partial charge in [-0.1, -0.05) is 0 Å². The molecule has 0 aliphatic carbocycles. The van der Waals surface area contributed by atoms with Crippen molar-refractivity contribution in [3.8, 4) is 5.75 Å². The molecule has 0 saturated heterocycles. The van der Waals surface area contributed by atoms with Crippen LogP contribution in [-0.4, -0.2) is 33.0 Å². The summed E-state index contributed by atoms with van der Waals surface area (Å²) < 4.78 is 31.9. The number of carbonyl (C=O) groups is 1. The third-order valence-electron chi connectivity index (χ3n) is 3.33. The fourth-order valence-corrected chi connectivity index (χ4v) is 3.26. The van der Waals surface area contributed by atoms with Gasteiger partial charge >= 0.3 is 0 Å². The van der Waals surface area contributed by atoms with Crippen LogP contribution in [0.1, 0.15) is 11.1 Å². The summed E-state index contributed by atoms with van der Waals surface area (Å²) in [4.78, 5) is 15.8. The molecule has 0 unspecified atom stereocenters. The van der Waals surface area contributed by atoms with Gasteiger partial charge in [-0.25, -0.2) is 13.1 Å². The average Bonchev–Trinajstić information content (AvgIpc) is 2.58. The fourth-order valence-electron chi connectivity index (χ4n) is 2.05. The van der Waals surface area contributed by atoms with Gasteiger partial charge in [0.05, 0.1) is 18.6 Å². The number of carbonyl (C=O) groups excluding carboxylic acids is 1. The van der Waals surface area contributed by atoms with Gasteiger partial charge in [-0.3, -0.25) is 9.78 Å². The average molecular weight is 349 g/mol. The number of benzene rings is 1. The van der Waals surface area contributed by atoms with Gasteiger partial charge in [-0.15, -0.1) is 0 Å². The molecular weight excluding hydrogens is 330 g/mol. The highest BCUT2D eigenvalue weighted by Gasteiger charge is 2.18. The second-order valence-electron chi connectivity index (χ2n) is 5.09. The van der Waals surface area contributed by atoms with Gasteiger partial charge in [0.25, 0.3) is 0 Å². The summed E-state index contributed by atoms with van der Waals surface area (Å²) in [6, 6.07) is 8.17. The number of rotatable bonds is 7. The first-order chi connectivity index (χ1) is 11.4. The number of aromatic nitrogens is 1. The highest BCUT2D eigenvalue weighted by molar-refractivity contribution is 7.89. The molecule has 0 radical (unpaired) electrons. The molecule has 8 heteroatoms. The zero-order valence-corrected chi connectivity index (χ0v) is 14.3. The molecule has 0 saturated carbocycles. The molecule has 0 bridgehead atoms. The van der Waals surface area contributed by atoms with Crippen LogP contribution >= 0.6 is 0 Å². The molecule has 0 fully saturated rings. The van der Waals surface area contributed by atoms with Gasteiger partial charge in [-0.05, 0) is 48.4 Å². The summed E-state index contributed by atoms with van der Waals surface area (Å²) in [5, 5.41) is 2.64. The van der Waals surface area contributed by atoms with E-state index in [4.69, 9.17) is 4.74 Å². The van der Waals surface area contributed by atoms with E-state index in [1.165, 1.54) is 13.2 Å². The van der Waals surface area contributed by atoms with Crippen LogP contribution in [0.25, 0.3) is 0 Å². The Morgan fingerprint density at radius 3 is 2.54 bits per heavy atom. The van der Waals surface area contributed by atoms with E-state index in [1.807, 2.05) is 0 Å². The van der Waals surface area contributed by atoms with Crippen molar-refractivity contribution in [1.29, 1.82) is 0 Å². The van der Waals surface area contributed by atoms with Gasteiger partial charge in [-0.2, -0.15) is 0 Å².